The number of furan rings is 2. The Morgan fingerprint density at radius 3 is 1.51 bits per heavy atom. The van der Waals surface area contributed by atoms with Gasteiger partial charge in [0.2, 0.25) is 0 Å². The normalized spacial score (nSPS) is 11.6. The van der Waals surface area contributed by atoms with E-state index >= 15 is 0 Å². The Morgan fingerprint density at radius 1 is 0.295 bits per heavy atom. The van der Waals surface area contributed by atoms with E-state index < -0.39 is 0 Å². The molecule has 0 aliphatic carbocycles. The third kappa shape index (κ3) is 5.82. The summed E-state index contributed by atoms with van der Waals surface area (Å²) in [6.07, 6.45) is 0. The van der Waals surface area contributed by atoms with Crippen LogP contribution in [0.15, 0.2) is 233 Å². The van der Waals surface area contributed by atoms with Gasteiger partial charge in [0.25, 0.3) is 0 Å². The van der Waals surface area contributed by atoms with Gasteiger partial charge in [-0.1, -0.05) is 176 Å². The Balaban J connectivity index is 1.02. The van der Waals surface area contributed by atoms with Crippen molar-refractivity contribution in [3.8, 4) is 44.7 Å². The minimum atomic E-state index is 0.864. The molecule has 3 heteroatoms. The highest BCUT2D eigenvalue weighted by atomic mass is 16.3. The van der Waals surface area contributed by atoms with Crippen molar-refractivity contribution in [2.75, 3.05) is 4.90 Å². The molecule has 3 nitrogen and oxygen atoms in total. The van der Waals surface area contributed by atoms with Crippen LogP contribution in [0.4, 0.5) is 17.1 Å². The molecule has 2 aromatic heterocycles. The van der Waals surface area contributed by atoms with E-state index in [1.54, 1.807) is 0 Å². The molecule has 0 fully saturated rings. The number of hydrogen-bond donors (Lipinski definition) is 0. The van der Waals surface area contributed by atoms with Gasteiger partial charge in [-0.3, -0.25) is 0 Å². The van der Waals surface area contributed by atoms with Crippen LogP contribution in [0.2, 0.25) is 0 Å². The Labute approximate surface area is 353 Å². The van der Waals surface area contributed by atoms with Crippen molar-refractivity contribution in [1.82, 2.24) is 0 Å². The average Bonchev–Trinajstić information content (AvgIpc) is 3.93. The van der Waals surface area contributed by atoms with Gasteiger partial charge >= 0.3 is 0 Å². The Bertz CT molecular complexity index is 3550. The lowest BCUT2D eigenvalue weighted by Crippen LogP contribution is -2.10. The Hall–Kier alpha value is -8.14. The first kappa shape index (κ1) is 34.9. The maximum Gasteiger partial charge on any atom is 0.143 e. The van der Waals surface area contributed by atoms with Crippen molar-refractivity contribution >= 4 is 71.5 Å². The zero-order valence-corrected chi connectivity index (χ0v) is 33.1. The molecule has 2 heterocycles. The Kier molecular flexibility index (Phi) is 8.17. The van der Waals surface area contributed by atoms with Crippen LogP contribution in [-0.4, -0.2) is 0 Å². The molecule has 0 amide bonds. The van der Waals surface area contributed by atoms with Crippen LogP contribution < -0.4 is 4.90 Å². The summed E-state index contributed by atoms with van der Waals surface area (Å²) in [7, 11) is 0. The third-order valence-corrected chi connectivity index (χ3v) is 12.1. The molecule has 0 radical (unpaired) electrons. The van der Waals surface area contributed by atoms with Crippen LogP contribution >= 0.6 is 0 Å². The predicted molar refractivity (Wildman–Crippen MR) is 255 cm³/mol. The smallest absolute Gasteiger partial charge is 0.143 e. The van der Waals surface area contributed by atoms with Crippen molar-refractivity contribution in [2.24, 2.45) is 0 Å². The number of anilines is 3. The minimum absolute atomic E-state index is 0.864. The fourth-order valence-electron chi connectivity index (χ4n) is 9.24. The second-order valence-electron chi connectivity index (χ2n) is 15.6. The number of fused-ring (bicyclic) bond motifs is 9. The Morgan fingerprint density at radius 2 is 0.820 bits per heavy atom. The fourth-order valence-corrected chi connectivity index (χ4v) is 9.24. The first-order valence-corrected chi connectivity index (χ1v) is 20.7. The standard InChI is InChI=1S/C58H37NO2/c1-4-15-38(16-5-1)39-27-32-44(33-28-39)59(51-24-14-26-53-55(51)49-23-12-13-25-52(49)60-53)45-34-29-40(30-35-45)43-31-36-47-50(37-43)46-21-10-11-22-48(46)58-56(47)54(41-17-6-2-7-18-41)57(61-58)42-19-8-3-9-20-42/h1-37H. The van der Waals surface area contributed by atoms with Gasteiger partial charge < -0.3 is 13.7 Å². The van der Waals surface area contributed by atoms with E-state index in [1.165, 1.54) is 27.3 Å². The first-order valence-electron chi connectivity index (χ1n) is 20.7. The van der Waals surface area contributed by atoms with Crippen LogP contribution in [0.5, 0.6) is 0 Å². The van der Waals surface area contributed by atoms with Crippen LogP contribution in [0.1, 0.15) is 0 Å². The third-order valence-electron chi connectivity index (χ3n) is 12.1. The highest BCUT2D eigenvalue weighted by Crippen LogP contribution is 2.48. The van der Waals surface area contributed by atoms with E-state index in [-0.39, 0.29) is 0 Å². The summed E-state index contributed by atoms with van der Waals surface area (Å²) in [6, 6.07) is 79.7. The molecular formula is C58H37NO2. The van der Waals surface area contributed by atoms with E-state index in [0.717, 1.165) is 88.9 Å². The zero-order valence-electron chi connectivity index (χ0n) is 33.1. The number of benzene rings is 10. The van der Waals surface area contributed by atoms with Gasteiger partial charge in [-0.25, -0.2) is 0 Å². The summed E-state index contributed by atoms with van der Waals surface area (Å²) >= 11 is 0. The maximum absolute atomic E-state index is 6.95. The van der Waals surface area contributed by atoms with Crippen molar-refractivity contribution in [2.45, 2.75) is 0 Å². The van der Waals surface area contributed by atoms with Crippen molar-refractivity contribution in [3.05, 3.63) is 224 Å². The van der Waals surface area contributed by atoms with Gasteiger partial charge in [-0.15, -0.1) is 0 Å². The zero-order chi connectivity index (χ0) is 40.3. The summed E-state index contributed by atoms with van der Waals surface area (Å²) in [5.41, 5.74) is 13.8. The molecule has 0 saturated carbocycles. The summed E-state index contributed by atoms with van der Waals surface area (Å²) in [5, 5.41) is 7.96. The number of hydrogen-bond acceptors (Lipinski definition) is 3. The largest absolute Gasteiger partial charge is 0.456 e. The van der Waals surface area contributed by atoms with E-state index in [0.29, 0.717) is 0 Å². The lowest BCUT2D eigenvalue weighted by Gasteiger charge is -2.26. The molecule has 0 N–H and O–H groups in total. The lowest BCUT2D eigenvalue weighted by atomic mass is 9.91. The number of nitrogens with zero attached hydrogens (tertiary/aromatic N) is 1. The molecule has 0 atom stereocenters. The second kappa shape index (κ2) is 14.3. The first-order chi connectivity index (χ1) is 30.3. The minimum Gasteiger partial charge on any atom is -0.456 e. The van der Waals surface area contributed by atoms with E-state index in [1.807, 2.05) is 12.1 Å². The molecule has 0 aliphatic heterocycles. The van der Waals surface area contributed by atoms with Crippen LogP contribution in [0.25, 0.3) is 99.2 Å². The fraction of sp³-hybridized carbons (Fsp3) is 0. The second-order valence-corrected chi connectivity index (χ2v) is 15.6. The van der Waals surface area contributed by atoms with E-state index in [4.69, 9.17) is 8.83 Å². The summed E-state index contributed by atoms with van der Waals surface area (Å²) in [4.78, 5) is 2.35. The van der Waals surface area contributed by atoms with Crippen molar-refractivity contribution in [1.29, 1.82) is 0 Å². The topological polar surface area (TPSA) is 29.5 Å². The van der Waals surface area contributed by atoms with Crippen LogP contribution in [0, 0.1) is 0 Å². The van der Waals surface area contributed by atoms with Crippen LogP contribution in [0.3, 0.4) is 0 Å². The summed E-state index contributed by atoms with van der Waals surface area (Å²) in [5.74, 6) is 0.887. The van der Waals surface area contributed by atoms with Gasteiger partial charge in [-0.05, 0) is 92.5 Å². The predicted octanol–water partition coefficient (Wildman–Crippen LogP) is 16.8. The van der Waals surface area contributed by atoms with Gasteiger partial charge in [0.1, 0.15) is 22.5 Å². The van der Waals surface area contributed by atoms with Gasteiger partial charge in [0.15, 0.2) is 0 Å². The molecule has 12 aromatic rings. The quantitative estimate of drug-likeness (QED) is 0.151. The van der Waals surface area contributed by atoms with Crippen LogP contribution in [-0.2, 0) is 0 Å². The van der Waals surface area contributed by atoms with Crippen molar-refractivity contribution < 1.29 is 8.83 Å². The molecule has 61 heavy (non-hydrogen) atoms. The molecule has 0 bridgehead atoms. The number of rotatable bonds is 7. The van der Waals surface area contributed by atoms with Crippen molar-refractivity contribution in [3.63, 3.8) is 0 Å². The van der Waals surface area contributed by atoms with E-state index in [2.05, 4.69) is 217 Å². The van der Waals surface area contributed by atoms with Gasteiger partial charge in [-0.2, -0.15) is 0 Å². The monoisotopic (exact) mass is 779 g/mol. The van der Waals surface area contributed by atoms with Gasteiger partial charge in [0, 0.05) is 38.7 Å². The summed E-state index contributed by atoms with van der Waals surface area (Å²) in [6.45, 7) is 0. The molecule has 12 rings (SSSR count). The summed E-state index contributed by atoms with van der Waals surface area (Å²) < 4.78 is 13.3. The average molecular weight is 780 g/mol. The molecule has 0 saturated heterocycles. The molecule has 0 spiro atoms. The van der Waals surface area contributed by atoms with Gasteiger partial charge in [0.05, 0.1) is 11.1 Å². The highest BCUT2D eigenvalue weighted by Gasteiger charge is 2.24. The molecule has 286 valence electrons. The number of para-hydroxylation sites is 1. The lowest BCUT2D eigenvalue weighted by molar-refractivity contribution is 0.636. The highest BCUT2D eigenvalue weighted by molar-refractivity contribution is 6.29. The SMILES string of the molecule is c1ccc(-c2ccc(N(c3ccc(-c4ccc5c(c4)c4ccccc4c4oc(-c6ccccc6)c(-c6ccccc6)c54)cc3)c3cccc4oc5ccccc5c34)cc2)cc1. The van der Waals surface area contributed by atoms with E-state index in [9.17, 15) is 0 Å². The molecular weight excluding hydrogens is 743 g/mol. The molecule has 0 aliphatic rings. The molecule has 10 aromatic carbocycles. The maximum atomic E-state index is 6.95. The molecule has 0 unspecified atom stereocenters.